The Balaban J connectivity index is 1.63. The average Bonchev–Trinajstić information content (AvgIpc) is 3.02. The van der Waals surface area contributed by atoms with Gasteiger partial charge in [0.15, 0.2) is 5.78 Å². The fourth-order valence-electron chi connectivity index (χ4n) is 2.18. The molecule has 0 bridgehead atoms. The average molecular weight is 342 g/mol. The highest BCUT2D eigenvalue weighted by Gasteiger charge is 2.19. The summed E-state index contributed by atoms with van der Waals surface area (Å²) in [6.07, 6.45) is 0.550. The summed E-state index contributed by atoms with van der Waals surface area (Å²) in [5, 5.41) is 7.93. The lowest BCUT2D eigenvalue weighted by molar-refractivity contribution is 0.0993. The lowest BCUT2D eigenvalue weighted by Gasteiger charge is -2.07. The number of halogens is 1. The van der Waals surface area contributed by atoms with Crippen LogP contribution in [0.1, 0.15) is 28.7 Å². The molecule has 0 aliphatic heterocycles. The Bertz CT molecular complexity index is 819. The quantitative estimate of drug-likeness (QED) is 0.497. The van der Waals surface area contributed by atoms with Crippen LogP contribution in [0.2, 0.25) is 0 Å². The summed E-state index contributed by atoms with van der Waals surface area (Å²) in [6, 6.07) is 15.3. The van der Waals surface area contributed by atoms with Gasteiger partial charge in [-0.3, -0.25) is 4.79 Å². The van der Waals surface area contributed by atoms with Crippen LogP contribution in [-0.2, 0) is 6.42 Å². The molecule has 0 radical (unpaired) electrons. The number of thioether (sulfide) groups is 1. The van der Waals surface area contributed by atoms with Crippen molar-refractivity contribution >= 4 is 17.5 Å². The molecule has 24 heavy (non-hydrogen) atoms. The van der Waals surface area contributed by atoms with E-state index in [-0.39, 0.29) is 11.6 Å². The Morgan fingerprint density at radius 1 is 1.12 bits per heavy atom. The van der Waals surface area contributed by atoms with Gasteiger partial charge in [-0.25, -0.2) is 4.39 Å². The maximum absolute atomic E-state index is 12.9. The third kappa shape index (κ3) is 4.08. The van der Waals surface area contributed by atoms with Crippen LogP contribution in [0.15, 0.2) is 64.2 Å². The molecule has 0 N–H and O–H groups in total. The van der Waals surface area contributed by atoms with Crippen molar-refractivity contribution < 1.29 is 13.6 Å². The largest absolute Gasteiger partial charge is 0.416 e. The summed E-state index contributed by atoms with van der Waals surface area (Å²) in [7, 11) is 0. The summed E-state index contributed by atoms with van der Waals surface area (Å²) in [6.45, 7) is 1.76. The molecular weight excluding hydrogens is 327 g/mol. The lowest BCUT2D eigenvalue weighted by Crippen LogP contribution is -2.13. The molecule has 0 unspecified atom stereocenters. The monoisotopic (exact) mass is 342 g/mol. The summed E-state index contributed by atoms with van der Waals surface area (Å²) < 4.78 is 18.5. The third-order valence-electron chi connectivity index (χ3n) is 3.42. The van der Waals surface area contributed by atoms with Gasteiger partial charge in [0, 0.05) is 5.56 Å². The van der Waals surface area contributed by atoms with Crippen molar-refractivity contribution in [3.05, 3.63) is 77.4 Å². The number of Topliss-reactive ketones (excluding diaryl/α,β-unsaturated/α-hetero) is 1. The van der Waals surface area contributed by atoms with Crippen molar-refractivity contribution in [2.45, 2.75) is 23.8 Å². The van der Waals surface area contributed by atoms with Crippen molar-refractivity contribution in [2.24, 2.45) is 0 Å². The predicted octanol–water partition coefficient (Wildman–Crippen LogP) is 4.16. The highest BCUT2D eigenvalue weighted by atomic mass is 32.2. The van der Waals surface area contributed by atoms with Crippen LogP contribution in [-0.4, -0.2) is 21.2 Å². The highest BCUT2D eigenvalue weighted by Crippen LogP contribution is 2.25. The van der Waals surface area contributed by atoms with Crippen molar-refractivity contribution in [2.75, 3.05) is 0 Å². The van der Waals surface area contributed by atoms with Crippen LogP contribution < -0.4 is 0 Å². The van der Waals surface area contributed by atoms with E-state index < -0.39 is 5.25 Å². The van der Waals surface area contributed by atoms with Gasteiger partial charge in [0.05, 0.1) is 11.7 Å². The molecule has 1 heterocycles. The van der Waals surface area contributed by atoms with Crippen molar-refractivity contribution in [3.63, 3.8) is 0 Å². The van der Waals surface area contributed by atoms with Crippen LogP contribution in [0.5, 0.6) is 0 Å². The molecule has 3 rings (SSSR count). The molecule has 0 amide bonds. The minimum atomic E-state index is -0.402. The molecule has 2 aromatic carbocycles. The smallest absolute Gasteiger partial charge is 0.277 e. The summed E-state index contributed by atoms with van der Waals surface area (Å²) in [4.78, 5) is 12.3. The fourth-order valence-corrected chi connectivity index (χ4v) is 2.96. The Labute approximate surface area is 143 Å². The van der Waals surface area contributed by atoms with Crippen LogP contribution in [0.3, 0.4) is 0 Å². The molecule has 0 fully saturated rings. The van der Waals surface area contributed by atoms with Gasteiger partial charge in [-0.05, 0) is 36.8 Å². The number of aromatic nitrogens is 2. The Hall–Kier alpha value is -2.47. The number of hydrogen-bond acceptors (Lipinski definition) is 5. The number of ketones is 1. The zero-order valence-corrected chi connectivity index (χ0v) is 13.8. The second-order valence-electron chi connectivity index (χ2n) is 5.26. The molecule has 1 atom stereocenters. The Morgan fingerprint density at radius 2 is 1.83 bits per heavy atom. The SMILES string of the molecule is C[C@H](Sc1nnc(Cc2ccccc2)o1)C(=O)c1ccc(F)cc1. The van der Waals surface area contributed by atoms with Crippen LogP contribution in [0, 0.1) is 5.82 Å². The second-order valence-corrected chi connectivity index (χ2v) is 6.55. The van der Waals surface area contributed by atoms with Gasteiger partial charge in [0.1, 0.15) is 5.82 Å². The van der Waals surface area contributed by atoms with E-state index >= 15 is 0 Å². The van der Waals surface area contributed by atoms with E-state index in [9.17, 15) is 9.18 Å². The zero-order chi connectivity index (χ0) is 16.9. The number of carbonyl (C=O) groups is 1. The van der Waals surface area contributed by atoms with E-state index in [1.807, 2.05) is 30.3 Å². The summed E-state index contributed by atoms with van der Waals surface area (Å²) in [5.41, 5.74) is 1.54. The minimum Gasteiger partial charge on any atom is -0.416 e. The number of benzene rings is 2. The molecule has 0 saturated heterocycles. The molecule has 0 spiro atoms. The first-order valence-electron chi connectivity index (χ1n) is 7.44. The molecule has 3 aromatic rings. The molecule has 0 aliphatic rings. The number of nitrogens with zero attached hydrogens (tertiary/aromatic N) is 2. The van der Waals surface area contributed by atoms with Gasteiger partial charge in [-0.2, -0.15) is 0 Å². The van der Waals surface area contributed by atoms with Gasteiger partial charge < -0.3 is 4.42 Å². The number of rotatable bonds is 6. The van der Waals surface area contributed by atoms with Gasteiger partial charge in [0.25, 0.3) is 5.22 Å². The second kappa shape index (κ2) is 7.40. The molecule has 1 aromatic heterocycles. The van der Waals surface area contributed by atoms with E-state index in [0.29, 0.717) is 23.1 Å². The zero-order valence-electron chi connectivity index (χ0n) is 13.0. The van der Waals surface area contributed by atoms with Crippen LogP contribution in [0.25, 0.3) is 0 Å². The van der Waals surface area contributed by atoms with Crippen molar-refractivity contribution in [1.82, 2.24) is 10.2 Å². The maximum atomic E-state index is 12.9. The Kier molecular flexibility index (Phi) is 5.05. The predicted molar refractivity (Wildman–Crippen MR) is 89.6 cm³/mol. The molecule has 6 heteroatoms. The molecular formula is C18H15FN2O2S. The normalized spacial score (nSPS) is 12.1. The standard InChI is InChI=1S/C18H15FN2O2S/c1-12(17(22)14-7-9-15(19)10-8-14)24-18-21-20-16(23-18)11-13-5-3-2-4-6-13/h2-10,12H,11H2,1H3/t12-/m0/s1. The van der Waals surface area contributed by atoms with E-state index in [4.69, 9.17) is 4.42 Å². The molecule has 122 valence electrons. The number of hydrogen-bond donors (Lipinski definition) is 0. The van der Waals surface area contributed by atoms with Crippen molar-refractivity contribution in [3.8, 4) is 0 Å². The van der Waals surface area contributed by atoms with Gasteiger partial charge in [-0.1, -0.05) is 42.1 Å². The van der Waals surface area contributed by atoms with Gasteiger partial charge in [-0.15, -0.1) is 10.2 Å². The van der Waals surface area contributed by atoms with E-state index in [1.165, 1.54) is 36.0 Å². The van der Waals surface area contributed by atoms with E-state index in [1.54, 1.807) is 6.92 Å². The Morgan fingerprint density at radius 3 is 2.54 bits per heavy atom. The number of carbonyl (C=O) groups excluding carboxylic acids is 1. The summed E-state index contributed by atoms with van der Waals surface area (Å²) >= 11 is 1.20. The first-order valence-corrected chi connectivity index (χ1v) is 8.32. The van der Waals surface area contributed by atoms with E-state index in [2.05, 4.69) is 10.2 Å². The summed E-state index contributed by atoms with van der Waals surface area (Å²) in [5.74, 6) is 0.0299. The minimum absolute atomic E-state index is 0.109. The molecule has 0 saturated carbocycles. The molecule has 4 nitrogen and oxygen atoms in total. The topological polar surface area (TPSA) is 56.0 Å². The first-order chi connectivity index (χ1) is 11.6. The third-order valence-corrected chi connectivity index (χ3v) is 4.36. The fraction of sp³-hybridized carbons (Fsp3) is 0.167. The van der Waals surface area contributed by atoms with Crippen LogP contribution in [0.4, 0.5) is 4.39 Å². The maximum Gasteiger partial charge on any atom is 0.277 e. The molecule has 0 aliphatic carbocycles. The van der Waals surface area contributed by atoms with Gasteiger partial charge in [0.2, 0.25) is 5.89 Å². The van der Waals surface area contributed by atoms with Crippen LogP contribution >= 0.6 is 11.8 Å². The highest BCUT2D eigenvalue weighted by molar-refractivity contribution is 8.00. The first kappa shape index (κ1) is 16.4. The van der Waals surface area contributed by atoms with Crippen molar-refractivity contribution in [1.29, 1.82) is 0 Å². The van der Waals surface area contributed by atoms with Gasteiger partial charge >= 0.3 is 0 Å². The van der Waals surface area contributed by atoms with E-state index in [0.717, 1.165) is 5.56 Å². The lowest BCUT2D eigenvalue weighted by atomic mass is 10.1.